The maximum absolute atomic E-state index is 10.00. The molecule has 0 aliphatic heterocycles. The first-order chi connectivity index (χ1) is 3.18. The van der Waals surface area contributed by atoms with E-state index in [0.717, 1.165) is 0 Å². The Balaban J connectivity index is 3.82. The molecule has 7 heavy (non-hydrogen) atoms. The molecule has 0 spiro atoms. The summed E-state index contributed by atoms with van der Waals surface area (Å²) in [7, 11) is 0. The predicted molar refractivity (Wildman–Crippen MR) is 36.8 cm³/mol. The first kappa shape index (κ1) is 7.66. The summed E-state index contributed by atoms with van der Waals surface area (Å²) in [6, 6.07) is 0. The van der Waals surface area contributed by atoms with Gasteiger partial charge in [-0.3, -0.25) is 4.79 Å². The van der Waals surface area contributed by atoms with E-state index in [-0.39, 0.29) is 0 Å². The molecule has 40 valence electrons. The van der Waals surface area contributed by atoms with Gasteiger partial charge in [0.2, 0.25) is 0 Å². The van der Waals surface area contributed by atoms with Gasteiger partial charge in [0.05, 0.1) is 4.48 Å². The Kier molecular flexibility index (Phi) is 3.98. The number of halogens is 3. The molecular weight excluding hydrogens is 247 g/mol. The first-order valence-electron chi connectivity index (χ1n) is 1.34. The van der Waals surface area contributed by atoms with Crippen molar-refractivity contribution in [2.75, 3.05) is 0 Å². The normalized spacial score (nSPS) is 11.6. The molecule has 0 atom stereocenters. The van der Waals surface area contributed by atoms with Crippen LogP contribution < -0.4 is 0 Å². The van der Waals surface area contributed by atoms with Crippen molar-refractivity contribution in [1.82, 2.24) is 0 Å². The van der Waals surface area contributed by atoms with Gasteiger partial charge in [0.1, 0.15) is 0 Å². The fourth-order valence-corrected chi connectivity index (χ4v) is 0.437. The van der Waals surface area contributed by atoms with Crippen molar-refractivity contribution in [2.45, 2.75) is 0 Å². The third kappa shape index (κ3) is 3.26. The van der Waals surface area contributed by atoms with E-state index < -0.39 is 5.24 Å². The van der Waals surface area contributed by atoms with Gasteiger partial charge in [0.15, 0.2) is 0 Å². The molecule has 0 saturated heterocycles. The van der Waals surface area contributed by atoms with Crippen LogP contribution in [-0.2, 0) is 4.79 Å². The number of rotatable bonds is 1. The second kappa shape index (κ2) is 3.64. The van der Waals surface area contributed by atoms with E-state index in [1.165, 1.54) is 4.99 Å². The van der Waals surface area contributed by atoms with Crippen LogP contribution in [0.3, 0.4) is 0 Å². The van der Waals surface area contributed by atoms with Gasteiger partial charge in [-0.2, -0.15) is 0 Å². The summed E-state index contributed by atoms with van der Waals surface area (Å²) in [6.07, 6.45) is 0. The largest absolute Gasteiger partial charge is 0.275 e. The fraction of sp³-hybridized carbons (Fsp3) is 0. The molecule has 0 amide bonds. The number of carbonyl (C=O) groups is 1. The van der Waals surface area contributed by atoms with Crippen LogP contribution in [-0.4, -0.2) is 5.24 Å². The SMILES string of the molecule is O=C(Cl)C(Br)=CBr. The maximum atomic E-state index is 10.00. The summed E-state index contributed by atoms with van der Waals surface area (Å²) in [6.45, 7) is 0. The number of allylic oxidation sites excluding steroid dienone is 1. The molecular formula is C3HBr2ClO. The van der Waals surface area contributed by atoms with Gasteiger partial charge in [-0.15, -0.1) is 0 Å². The van der Waals surface area contributed by atoms with E-state index >= 15 is 0 Å². The lowest BCUT2D eigenvalue weighted by atomic mass is 10.7. The van der Waals surface area contributed by atoms with Crippen LogP contribution in [0.5, 0.6) is 0 Å². The van der Waals surface area contributed by atoms with Crippen LogP contribution in [0.4, 0.5) is 0 Å². The average molecular weight is 248 g/mol. The van der Waals surface area contributed by atoms with Crippen LogP contribution >= 0.6 is 43.5 Å². The average Bonchev–Trinajstić information content (AvgIpc) is 1.65. The standard InChI is InChI=1S/C3HBr2ClO/c4-1-2(5)3(6)7/h1H. The molecule has 0 aromatic carbocycles. The molecule has 0 fully saturated rings. The van der Waals surface area contributed by atoms with Crippen molar-refractivity contribution in [2.24, 2.45) is 0 Å². The molecule has 0 bridgehead atoms. The van der Waals surface area contributed by atoms with Crippen molar-refractivity contribution in [3.8, 4) is 0 Å². The molecule has 0 unspecified atom stereocenters. The topological polar surface area (TPSA) is 17.1 Å². The Bertz CT molecular complexity index is 110. The molecule has 0 aliphatic carbocycles. The zero-order valence-electron chi connectivity index (χ0n) is 3.12. The summed E-state index contributed by atoms with van der Waals surface area (Å²) in [5.74, 6) is 0. The summed E-state index contributed by atoms with van der Waals surface area (Å²) >= 11 is 10.7. The third-order valence-electron chi connectivity index (χ3n) is 0.284. The van der Waals surface area contributed by atoms with E-state index in [4.69, 9.17) is 11.6 Å². The summed E-state index contributed by atoms with van der Waals surface area (Å²) in [5.41, 5.74) is 0. The molecule has 0 heterocycles. The smallest absolute Gasteiger partial charge is 0.259 e. The van der Waals surface area contributed by atoms with Crippen molar-refractivity contribution >= 4 is 48.7 Å². The number of hydrogen-bond acceptors (Lipinski definition) is 1. The zero-order valence-corrected chi connectivity index (χ0v) is 7.05. The van der Waals surface area contributed by atoms with E-state index in [1.807, 2.05) is 0 Å². The Morgan fingerprint density at radius 2 is 2.14 bits per heavy atom. The molecule has 0 N–H and O–H groups in total. The van der Waals surface area contributed by atoms with Crippen LogP contribution in [0.15, 0.2) is 9.47 Å². The van der Waals surface area contributed by atoms with Gasteiger partial charge >= 0.3 is 0 Å². The second-order valence-corrected chi connectivity index (χ2v) is 2.39. The Morgan fingerprint density at radius 3 is 2.14 bits per heavy atom. The van der Waals surface area contributed by atoms with E-state index in [9.17, 15) is 4.79 Å². The molecule has 0 radical (unpaired) electrons. The fourth-order valence-electron chi connectivity index (χ4n) is 0.0429. The Hall–Kier alpha value is 0.660. The van der Waals surface area contributed by atoms with Gasteiger partial charge < -0.3 is 0 Å². The summed E-state index contributed by atoms with van der Waals surface area (Å²) in [4.78, 5) is 11.4. The van der Waals surface area contributed by atoms with Crippen molar-refractivity contribution in [3.63, 3.8) is 0 Å². The highest BCUT2D eigenvalue weighted by atomic mass is 79.9. The minimum atomic E-state index is -0.503. The lowest BCUT2D eigenvalue weighted by molar-refractivity contribution is -0.107. The van der Waals surface area contributed by atoms with E-state index in [0.29, 0.717) is 4.48 Å². The zero-order chi connectivity index (χ0) is 5.86. The third-order valence-corrected chi connectivity index (χ3v) is 2.38. The van der Waals surface area contributed by atoms with Gasteiger partial charge in [-0.1, -0.05) is 15.9 Å². The predicted octanol–water partition coefficient (Wildman–Crippen LogP) is 2.38. The highest BCUT2D eigenvalue weighted by Crippen LogP contribution is 2.10. The molecule has 0 aromatic rings. The quantitative estimate of drug-likeness (QED) is 0.514. The van der Waals surface area contributed by atoms with Gasteiger partial charge in [-0.05, 0) is 27.5 Å². The second-order valence-electron chi connectivity index (χ2n) is 0.731. The first-order valence-corrected chi connectivity index (χ1v) is 3.43. The molecule has 1 nitrogen and oxygen atoms in total. The lowest BCUT2D eigenvalue weighted by Gasteiger charge is -1.78. The summed E-state index contributed by atoms with van der Waals surface area (Å²) in [5, 5.41) is -0.503. The number of carbonyl (C=O) groups excluding carboxylic acids is 1. The van der Waals surface area contributed by atoms with Crippen molar-refractivity contribution in [3.05, 3.63) is 9.47 Å². The van der Waals surface area contributed by atoms with Crippen LogP contribution in [0.2, 0.25) is 0 Å². The Labute approximate surface area is 63.0 Å². The van der Waals surface area contributed by atoms with E-state index in [1.54, 1.807) is 0 Å². The Morgan fingerprint density at radius 1 is 1.71 bits per heavy atom. The molecule has 4 heteroatoms. The van der Waals surface area contributed by atoms with Gasteiger partial charge in [0.25, 0.3) is 5.24 Å². The molecule has 0 aliphatic rings. The van der Waals surface area contributed by atoms with E-state index in [2.05, 4.69) is 31.9 Å². The highest BCUT2D eigenvalue weighted by Gasteiger charge is 1.96. The van der Waals surface area contributed by atoms with Crippen molar-refractivity contribution < 1.29 is 4.79 Å². The highest BCUT2D eigenvalue weighted by molar-refractivity contribution is 9.14. The lowest BCUT2D eigenvalue weighted by Crippen LogP contribution is -1.79. The molecule has 0 saturated carbocycles. The van der Waals surface area contributed by atoms with Crippen LogP contribution in [0, 0.1) is 0 Å². The maximum Gasteiger partial charge on any atom is 0.259 e. The summed E-state index contributed by atoms with van der Waals surface area (Å²) < 4.78 is 0.328. The van der Waals surface area contributed by atoms with Crippen LogP contribution in [0.25, 0.3) is 0 Å². The van der Waals surface area contributed by atoms with Crippen LogP contribution in [0.1, 0.15) is 0 Å². The van der Waals surface area contributed by atoms with Crippen molar-refractivity contribution in [1.29, 1.82) is 0 Å². The monoisotopic (exact) mass is 246 g/mol. The minimum Gasteiger partial charge on any atom is -0.275 e. The van der Waals surface area contributed by atoms with Gasteiger partial charge in [0, 0.05) is 4.99 Å². The molecule has 0 rings (SSSR count). The molecule has 0 aromatic heterocycles. The minimum absolute atomic E-state index is 0.328. The van der Waals surface area contributed by atoms with Gasteiger partial charge in [-0.25, -0.2) is 0 Å². The number of hydrogen-bond donors (Lipinski definition) is 0.